The molecule has 6 nitrogen and oxygen atoms in total. The van der Waals surface area contributed by atoms with Gasteiger partial charge in [-0.25, -0.2) is 4.79 Å². The Morgan fingerprint density at radius 2 is 2.09 bits per heavy atom. The minimum atomic E-state index is -0.465. The summed E-state index contributed by atoms with van der Waals surface area (Å²) in [4.78, 5) is 16.8. The Hall–Kier alpha value is -0.850. The molecule has 3 unspecified atom stereocenters. The van der Waals surface area contributed by atoms with Crippen molar-refractivity contribution in [3.63, 3.8) is 0 Å². The maximum absolute atomic E-state index is 11.8. The summed E-state index contributed by atoms with van der Waals surface area (Å²) in [6.45, 7) is 10.1. The van der Waals surface area contributed by atoms with Crippen molar-refractivity contribution >= 4 is 6.09 Å². The van der Waals surface area contributed by atoms with Crippen molar-refractivity contribution in [3.05, 3.63) is 0 Å². The first-order chi connectivity index (χ1) is 10.8. The number of fused-ring (bicyclic) bond motifs is 1. The summed E-state index contributed by atoms with van der Waals surface area (Å²) in [5, 5.41) is 2.88. The molecule has 0 spiro atoms. The number of piperidine rings is 2. The molecule has 3 N–H and O–H groups in total. The largest absolute Gasteiger partial charge is 0.444 e. The van der Waals surface area contributed by atoms with Crippen LogP contribution in [0.4, 0.5) is 4.79 Å². The van der Waals surface area contributed by atoms with Gasteiger partial charge in [-0.05, 0) is 59.5 Å². The van der Waals surface area contributed by atoms with Crippen LogP contribution in [-0.4, -0.2) is 73.3 Å². The van der Waals surface area contributed by atoms with E-state index in [1.807, 2.05) is 20.8 Å². The fourth-order valence-electron chi connectivity index (χ4n) is 3.89. The van der Waals surface area contributed by atoms with Gasteiger partial charge in [0, 0.05) is 38.3 Å². The number of hydrogen-bond donors (Lipinski definition) is 2. The molecule has 2 rings (SSSR count). The number of nitrogens with one attached hydrogen (secondary N) is 1. The van der Waals surface area contributed by atoms with E-state index < -0.39 is 5.60 Å². The number of ether oxygens (including phenoxy) is 1. The van der Waals surface area contributed by atoms with Gasteiger partial charge in [-0.2, -0.15) is 0 Å². The van der Waals surface area contributed by atoms with Crippen LogP contribution >= 0.6 is 0 Å². The Bertz CT molecular complexity index is 397. The topological polar surface area (TPSA) is 70.8 Å². The van der Waals surface area contributed by atoms with Gasteiger partial charge in [0.15, 0.2) is 0 Å². The van der Waals surface area contributed by atoms with Crippen LogP contribution in [0.3, 0.4) is 0 Å². The van der Waals surface area contributed by atoms with Gasteiger partial charge in [0.25, 0.3) is 0 Å². The minimum Gasteiger partial charge on any atom is -0.444 e. The molecule has 0 aromatic carbocycles. The van der Waals surface area contributed by atoms with Gasteiger partial charge in [0.05, 0.1) is 0 Å². The summed E-state index contributed by atoms with van der Waals surface area (Å²) in [6, 6.07) is 0.910. The highest BCUT2D eigenvalue weighted by molar-refractivity contribution is 5.67. The number of alkyl carbamates (subject to hydrolysis) is 1. The third-order valence-electron chi connectivity index (χ3n) is 5.05. The lowest BCUT2D eigenvalue weighted by molar-refractivity contribution is 0.0193. The molecule has 2 saturated heterocycles. The molecule has 6 heteroatoms. The van der Waals surface area contributed by atoms with E-state index in [4.69, 9.17) is 10.5 Å². The Morgan fingerprint density at radius 3 is 2.74 bits per heavy atom. The number of rotatable bonds is 4. The van der Waals surface area contributed by atoms with Gasteiger partial charge in [-0.3, -0.25) is 4.90 Å². The van der Waals surface area contributed by atoms with Crippen molar-refractivity contribution in [1.29, 1.82) is 0 Å². The van der Waals surface area contributed by atoms with E-state index in [0.717, 1.165) is 25.0 Å². The highest BCUT2D eigenvalue weighted by Crippen LogP contribution is 2.30. The number of likely N-dealkylation sites (tertiary alicyclic amines) is 2. The second-order valence-electron chi connectivity index (χ2n) is 8.01. The third-order valence-corrected chi connectivity index (χ3v) is 5.05. The van der Waals surface area contributed by atoms with E-state index >= 15 is 0 Å². The summed E-state index contributed by atoms with van der Waals surface area (Å²) in [6.07, 6.45) is 3.43. The molecule has 0 aliphatic carbocycles. The second kappa shape index (κ2) is 7.81. The molecule has 2 fully saturated rings. The van der Waals surface area contributed by atoms with Gasteiger partial charge in [-0.1, -0.05) is 0 Å². The zero-order valence-electron chi connectivity index (χ0n) is 15.2. The summed E-state index contributed by atoms with van der Waals surface area (Å²) < 4.78 is 5.30. The Labute approximate surface area is 140 Å². The van der Waals surface area contributed by atoms with Gasteiger partial charge >= 0.3 is 6.09 Å². The van der Waals surface area contributed by atoms with Crippen molar-refractivity contribution in [3.8, 4) is 0 Å². The van der Waals surface area contributed by atoms with E-state index in [0.29, 0.717) is 13.1 Å². The fraction of sp³-hybridized carbons (Fsp3) is 0.941. The predicted octanol–water partition coefficient (Wildman–Crippen LogP) is 1.25. The zero-order valence-corrected chi connectivity index (χ0v) is 15.2. The van der Waals surface area contributed by atoms with Crippen LogP contribution in [-0.2, 0) is 4.74 Å². The van der Waals surface area contributed by atoms with Gasteiger partial charge < -0.3 is 20.7 Å². The smallest absolute Gasteiger partial charge is 0.407 e. The molecule has 0 radical (unpaired) electrons. The molecule has 23 heavy (non-hydrogen) atoms. The molecule has 2 aliphatic rings. The van der Waals surface area contributed by atoms with E-state index in [-0.39, 0.29) is 12.1 Å². The lowest BCUT2D eigenvalue weighted by Crippen LogP contribution is -2.58. The van der Waals surface area contributed by atoms with Crippen LogP contribution in [0.15, 0.2) is 0 Å². The highest BCUT2D eigenvalue weighted by atomic mass is 16.6. The third kappa shape index (κ3) is 5.33. The Kier molecular flexibility index (Phi) is 6.28. The molecule has 134 valence electrons. The first-order valence-corrected chi connectivity index (χ1v) is 8.91. The van der Waals surface area contributed by atoms with E-state index in [1.54, 1.807) is 0 Å². The van der Waals surface area contributed by atoms with E-state index in [2.05, 4.69) is 22.2 Å². The van der Waals surface area contributed by atoms with E-state index in [9.17, 15) is 4.79 Å². The molecule has 0 saturated carbocycles. The standard InChI is InChI=1S/C17H34N4O2/c1-17(2,3)23-16(22)19-11-14(10-18)21-9-7-15-13(12-21)6-5-8-20(15)4/h13-15H,5-12,18H2,1-4H3,(H,19,22). The zero-order chi connectivity index (χ0) is 17.0. The van der Waals surface area contributed by atoms with Crippen molar-refractivity contribution in [2.75, 3.05) is 39.8 Å². The van der Waals surface area contributed by atoms with Gasteiger partial charge in [0.1, 0.15) is 5.60 Å². The Balaban J connectivity index is 1.83. The van der Waals surface area contributed by atoms with Crippen molar-refractivity contribution < 1.29 is 9.53 Å². The van der Waals surface area contributed by atoms with Crippen LogP contribution in [0.2, 0.25) is 0 Å². The monoisotopic (exact) mass is 326 g/mol. The van der Waals surface area contributed by atoms with Crippen molar-refractivity contribution in [2.45, 2.75) is 57.7 Å². The number of carbonyl (C=O) groups is 1. The first kappa shape index (κ1) is 18.5. The van der Waals surface area contributed by atoms with Crippen LogP contribution in [0.5, 0.6) is 0 Å². The summed E-state index contributed by atoms with van der Waals surface area (Å²) in [5.41, 5.74) is 5.50. The SMILES string of the molecule is CN1CCCC2CN(C(CN)CNC(=O)OC(C)(C)C)CCC21. The van der Waals surface area contributed by atoms with Crippen molar-refractivity contribution in [2.24, 2.45) is 11.7 Å². The average molecular weight is 326 g/mol. The van der Waals surface area contributed by atoms with Crippen LogP contribution in [0, 0.1) is 5.92 Å². The quantitative estimate of drug-likeness (QED) is 0.814. The number of nitrogens with two attached hydrogens (primary N) is 1. The maximum Gasteiger partial charge on any atom is 0.407 e. The summed E-state index contributed by atoms with van der Waals surface area (Å²) in [7, 11) is 2.25. The summed E-state index contributed by atoms with van der Waals surface area (Å²) >= 11 is 0. The number of nitrogens with zero attached hydrogens (tertiary/aromatic N) is 2. The molecule has 0 bridgehead atoms. The molecule has 2 aliphatic heterocycles. The second-order valence-corrected chi connectivity index (χ2v) is 8.01. The normalized spacial score (nSPS) is 28.0. The lowest BCUT2D eigenvalue weighted by atomic mass is 9.83. The Morgan fingerprint density at radius 1 is 1.35 bits per heavy atom. The van der Waals surface area contributed by atoms with Crippen molar-refractivity contribution in [1.82, 2.24) is 15.1 Å². The molecule has 3 atom stereocenters. The average Bonchev–Trinajstić information content (AvgIpc) is 2.46. The molecule has 0 aromatic rings. The first-order valence-electron chi connectivity index (χ1n) is 8.91. The van der Waals surface area contributed by atoms with Crippen LogP contribution < -0.4 is 11.1 Å². The number of amides is 1. The summed E-state index contributed by atoms with van der Waals surface area (Å²) in [5.74, 6) is 0.734. The molecular formula is C17H34N4O2. The number of carbonyl (C=O) groups excluding carboxylic acids is 1. The molecule has 1 amide bonds. The van der Waals surface area contributed by atoms with Gasteiger partial charge in [-0.15, -0.1) is 0 Å². The maximum atomic E-state index is 11.8. The highest BCUT2D eigenvalue weighted by Gasteiger charge is 2.36. The van der Waals surface area contributed by atoms with Crippen LogP contribution in [0.1, 0.15) is 40.0 Å². The number of hydrogen-bond acceptors (Lipinski definition) is 5. The van der Waals surface area contributed by atoms with Crippen LogP contribution in [0.25, 0.3) is 0 Å². The van der Waals surface area contributed by atoms with Gasteiger partial charge in [0.2, 0.25) is 0 Å². The lowest BCUT2D eigenvalue weighted by Gasteiger charge is -2.47. The fourth-order valence-corrected chi connectivity index (χ4v) is 3.89. The predicted molar refractivity (Wildman–Crippen MR) is 92.4 cm³/mol. The molecule has 2 heterocycles. The van der Waals surface area contributed by atoms with E-state index in [1.165, 1.54) is 25.8 Å². The minimum absolute atomic E-state index is 0.190. The molecule has 0 aromatic heterocycles. The molecular weight excluding hydrogens is 292 g/mol.